The van der Waals surface area contributed by atoms with Gasteiger partial charge in [-0.05, 0) is 31.2 Å². The minimum absolute atomic E-state index is 0.164. The molecule has 3 rings (SSSR count). The van der Waals surface area contributed by atoms with Gasteiger partial charge in [-0.2, -0.15) is 0 Å². The fraction of sp³-hybridized carbons (Fsp3) is 0.533. The van der Waals surface area contributed by atoms with Gasteiger partial charge in [-0.15, -0.1) is 0 Å². The first-order valence-electron chi connectivity index (χ1n) is 6.91. The molecule has 4 heteroatoms. The molecule has 2 saturated heterocycles. The van der Waals surface area contributed by atoms with E-state index in [0.29, 0.717) is 6.61 Å². The molecule has 3 atom stereocenters. The second-order valence-corrected chi connectivity index (χ2v) is 5.46. The van der Waals surface area contributed by atoms with Crippen molar-refractivity contribution in [1.82, 2.24) is 4.90 Å². The highest BCUT2D eigenvalue weighted by Gasteiger charge is 2.43. The van der Waals surface area contributed by atoms with Crippen LogP contribution < -0.4 is 0 Å². The van der Waals surface area contributed by atoms with Gasteiger partial charge in [0.1, 0.15) is 0 Å². The number of rotatable bonds is 3. The molecule has 1 N–H and O–H groups in total. The summed E-state index contributed by atoms with van der Waals surface area (Å²) in [7, 11) is 0. The lowest BCUT2D eigenvalue weighted by Crippen LogP contribution is -2.47. The van der Waals surface area contributed by atoms with E-state index < -0.39 is 6.09 Å². The van der Waals surface area contributed by atoms with Gasteiger partial charge in [-0.1, -0.05) is 30.3 Å². The first-order chi connectivity index (χ1) is 9.24. The number of piperidine rings is 1. The Bertz CT molecular complexity index is 434. The van der Waals surface area contributed by atoms with Crippen molar-refractivity contribution in [2.45, 2.75) is 50.5 Å². The standard InChI is InChI=1S/C15H19NO3/c17-15(18)16-12-6-7-13(16)9-14(8-12)19-10-11-4-2-1-3-5-11/h1-5,12-14H,6-10H2,(H,17,18)/t12-,13+,14+. The number of nitrogens with zero attached hydrogens (tertiary/aromatic N) is 1. The fourth-order valence-electron chi connectivity index (χ4n) is 3.36. The maximum absolute atomic E-state index is 11.2. The molecule has 2 fully saturated rings. The molecular weight excluding hydrogens is 242 g/mol. The SMILES string of the molecule is O=C(O)N1[C@@H]2CC[C@H]1C[C@@H](OCc1ccccc1)C2. The smallest absolute Gasteiger partial charge is 0.407 e. The average Bonchev–Trinajstić information content (AvgIpc) is 2.70. The van der Waals surface area contributed by atoms with E-state index in [0.717, 1.165) is 25.7 Å². The summed E-state index contributed by atoms with van der Waals surface area (Å²) in [6.07, 6.45) is 3.09. The van der Waals surface area contributed by atoms with Crippen LogP contribution in [-0.2, 0) is 11.3 Å². The van der Waals surface area contributed by atoms with Crippen LogP contribution >= 0.6 is 0 Å². The maximum Gasteiger partial charge on any atom is 0.407 e. The Morgan fingerprint density at radius 2 is 1.84 bits per heavy atom. The van der Waals surface area contributed by atoms with Crippen LogP contribution in [0.4, 0.5) is 4.79 Å². The van der Waals surface area contributed by atoms with E-state index in [-0.39, 0.29) is 18.2 Å². The molecule has 1 aromatic rings. The number of ether oxygens (including phenoxy) is 1. The zero-order chi connectivity index (χ0) is 13.2. The van der Waals surface area contributed by atoms with Crippen molar-refractivity contribution in [3.05, 3.63) is 35.9 Å². The quantitative estimate of drug-likeness (QED) is 0.910. The molecule has 0 saturated carbocycles. The lowest BCUT2D eigenvalue weighted by molar-refractivity contribution is -0.0225. The molecule has 0 aromatic heterocycles. The zero-order valence-electron chi connectivity index (χ0n) is 10.9. The minimum atomic E-state index is -0.769. The highest BCUT2D eigenvalue weighted by molar-refractivity contribution is 5.66. The van der Waals surface area contributed by atoms with Crippen LogP contribution in [0.15, 0.2) is 30.3 Å². The first-order valence-corrected chi connectivity index (χ1v) is 6.91. The third-order valence-electron chi connectivity index (χ3n) is 4.24. The van der Waals surface area contributed by atoms with Crippen molar-refractivity contribution in [3.63, 3.8) is 0 Å². The summed E-state index contributed by atoms with van der Waals surface area (Å²) in [5.41, 5.74) is 1.18. The van der Waals surface area contributed by atoms with Crippen LogP contribution in [0.1, 0.15) is 31.2 Å². The van der Waals surface area contributed by atoms with Gasteiger partial charge in [0.25, 0.3) is 0 Å². The Hall–Kier alpha value is -1.55. The molecule has 102 valence electrons. The second-order valence-electron chi connectivity index (χ2n) is 5.46. The van der Waals surface area contributed by atoms with Gasteiger partial charge in [0, 0.05) is 12.1 Å². The maximum atomic E-state index is 11.2. The van der Waals surface area contributed by atoms with E-state index in [2.05, 4.69) is 12.1 Å². The van der Waals surface area contributed by atoms with E-state index in [4.69, 9.17) is 4.74 Å². The van der Waals surface area contributed by atoms with E-state index in [1.165, 1.54) is 5.56 Å². The van der Waals surface area contributed by atoms with Crippen LogP contribution in [0, 0.1) is 0 Å². The van der Waals surface area contributed by atoms with Crippen LogP contribution in [0.5, 0.6) is 0 Å². The van der Waals surface area contributed by atoms with Crippen LogP contribution in [-0.4, -0.2) is 34.3 Å². The summed E-state index contributed by atoms with van der Waals surface area (Å²) in [6.45, 7) is 0.623. The Morgan fingerprint density at radius 1 is 1.21 bits per heavy atom. The Morgan fingerprint density at radius 3 is 2.42 bits per heavy atom. The molecule has 2 aliphatic heterocycles. The molecule has 4 nitrogen and oxygen atoms in total. The van der Waals surface area contributed by atoms with Crippen LogP contribution in [0.2, 0.25) is 0 Å². The minimum Gasteiger partial charge on any atom is -0.465 e. The Labute approximate surface area is 113 Å². The fourth-order valence-corrected chi connectivity index (χ4v) is 3.36. The number of fused-ring (bicyclic) bond motifs is 2. The molecule has 0 spiro atoms. The lowest BCUT2D eigenvalue weighted by atomic mass is 10.0. The van der Waals surface area contributed by atoms with Crippen molar-refractivity contribution >= 4 is 6.09 Å². The number of carboxylic acid groups (broad SMARTS) is 1. The summed E-state index contributed by atoms with van der Waals surface area (Å²) in [4.78, 5) is 12.8. The summed E-state index contributed by atoms with van der Waals surface area (Å²) in [6, 6.07) is 10.5. The van der Waals surface area contributed by atoms with E-state index >= 15 is 0 Å². The molecule has 2 aliphatic rings. The molecular formula is C15H19NO3. The number of hydrogen-bond donors (Lipinski definition) is 1. The highest BCUT2D eigenvalue weighted by Crippen LogP contribution is 2.37. The zero-order valence-corrected chi connectivity index (χ0v) is 10.9. The van der Waals surface area contributed by atoms with Crippen molar-refractivity contribution in [1.29, 1.82) is 0 Å². The van der Waals surface area contributed by atoms with E-state index in [1.807, 2.05) is 18.2 Å². The molecule has 2 heterocycles. The predicted molar refractivity (Wildman–Crippen MR) is 70.9 cm³/mol. The van der Waals surface area contributed by atoms with Crippen molar-refractivity contribution in [2.24, 2.45) is 0 Å². The molecule has 2 bridgehead atoms. The monoisotopic (exact) mass is 261 g/mol. The van der Waals surface area contributed by atoms with Gasteiger partial charge < -0.3 is 14.7 Å². The largest absolute Gasteiger partial charge is 0.465 e. The van der Waals surface area contributed by atoms with Crippen molar-refractivity contribution in [2.75, 3.05) is 0 Å². The number of benzene rings is 1. The summed E-state index contributed by atoms with van der Waals surface area (Å²) in [5, 5.41) is 9.20. The average molecular weight is 261 g/mol. The summed E-state index contributed by atoms with van der Waals surface area (Å²) >= 11 is 0. The third-order valence-corrected chi connectivity index (χ3v) is 4.24. The normalized spacial score (nSPS) is 29.5. The van der Waals surface area contributed by atoms with E-state index in [9.17, 15) is 9.90 Å². The number of hydrogen-bond acceptors (Lipinski definition) is 2. The third kappa shape index (κ3) is 2.59. The molecule has 0 unspecified atom stereocenters. The first kappa shape index (κ1) is 12.5. The molecule has 0 aliphatic carbocycles. The Balaban J connectivity index is 1.57. The molecule has 19 heavy (non-hydrogen) atoms. The lowest BCUT2D eigenvalue weighted by Gasteiger charge is -2.36. The Kier molecular flexibility index (Phi) is 3.42. The van der Waals surface area contributed by atoms with Crippen LogP contribution in [0.25, 0.3) is 0 Å². The summed E-state index contributed by atoms with van der Waals surface area (Å²) < 4.78 is 5.96. The number of amides is 1. The predicted octanol–water partition coefficient (Wildman–Crippen LogP) is 2.88. The number of carbonyl (C=O) groups is 1. The van der Waals surface area contributed by atoms with Gasteiger partial charge in [-0.3, -0.25) is 0 Å². The van der Waals surface area contributed by atoms with Gasteiger partial charge in [-0.25, -0.2) is 4.79 Å². The molecule has 0 radical (unpaired) electrons. The molecule has 1 amide bonds. The van der Waals surface area contributed by atoms with E-state index in [1.54, 1.807) is 4.90 Å². The van der Waals surface area contributed by atoms with Crippen LogP contribution in [0.3, 0.4) is 0 Å². The second kappa shape index (κ2) is 5.21. The summed E-state index contributed by atoms with van der Waals surface area (Å²) in [5.74, 6) is 0. The van der Waals surface area contributed by atoms with Gasteiger partial charge in [0.15, 0.2) is 0 Å². The van der Waals surface area contributed by atoms with Crippen molar-refractivity contribution in [3.8, 4) is 0 Å². The van der Waals surface area contributed by atoms with Gasteiger partial charge in [0.2, 0.25) is 0 Å². The highest BCUT2D eigenvalue weighted by atomic mass is 16.5. The molecule has 1 aromatic carbocycles. The topological polar surface area (TPSA) is 49.8 Å². The van der Waals surface area contributed by atoms with Gasteiger partial charge in [0.05, 0.1) is 12.7 Å². The van der Waals surface area contributed by atoms with Crippen molar-refractivity contribution < 1.29 is 14.6 Å². The van der Waals surface area contributed by atoms with Gasteiger partial charge >= 0.3 is 6.09 Å².